The van der Waals surface area contributed by atoms with E-state index in [9.17, 15) is 0 Å². The number of nitrogens with zero attached hydrogens (tertiary/aromatic N) is 2. The molecular weight excluding hydrogens is 206 g/mol. The molecule has 0 spiro atoms. The van der Waals surface area contributed by atoms with Gasteiger partial charge in [-0.1, -0.05) is 0 Å². The Morgan fingerprint density at radius 3 is 2.88 bits per heavy atom. The molecule has 0 bridgehead atoms. The van der Waals surface area contributed by atoms with Crippen LogP contribution in [0.1, 0.15) is 18.4 Å². The Bertz CT molecular complexity index is 364. The number of aryl methyl sites for hydroxylation is 1. The van der Waals surface area contributed by atoms with Crippen LogP contribution in [0.3, 0.4) is 0 Å². The number of ether oxygens (including phenoxy) is 1. The van der Waals surface area contributed by atoms with Gasteiger partial charge in [0.25, 0.3) is 0 Å². The van der Waals surface area contributed by atoms with E-state index in [1.165, 1.54) is 0 Å². The lowest BCUT2D eigenvalue weighted by atomic mass is 9.89. The van der Waals surface area contributed by atoms with E-state index in [0.717, 1.165) is 24.2 Å². The first-order valence-corrected chi connectivity index (χ1v) is 5.32. The number of anilines is 2. The van der Waals surface area contributed by atoms with E-state index in [0.29, 0.717) is 18.1 Å². The summed E-state index contributed by atoms with van der Waals surface area (Å²) in [6, 6.07) is 0.434. The van der Waals surface area contributed by atoms with Crippen molar-refractivity contribution >= 4 is 11.8 Å². The van der Waals surface area contributed by atoms with Gasteiger partial charge in [0.05, 0.1) is 6.10 Å². The number of hydrogen-bond donors (Lipinski definition) is 3. The smallest absolute Gasteiger partial charge is 0.239 e. The lowest BCUT2D eigenvalue weighted by molar-refractivity contribution is 0.0328. The van der Waals surface area contributed by atoms with Gasteiger partial charge in [0.2, 0.25) is 5.95 Å². The van der Waals surface area contributed by atoms with Crippen LogP contribution >= 0.6 is 0 Å². The Balaban J connectivity index is 1.98. The zero-order valence-corrected chi connectivity index (χ0v) is 9.53. The maximum atomic E-state index is 5.27. The van der Waals surface area contributed by atoms with E-state index >= 15 is 0 Å². The first-order chi connectivity index (χ1) is 7.72. The molecule has 4 N–H and O–H groups in total. The third-order valence-corrected chi connectivity index (χ3v) is 2.87. The third-order valence-electron chi connectivity index (χ3n) is 2.87. The Morgan fingerprint density at radius 2 is 2.25 bits per heavy atom. The number of nitrogen functional groups attached to an aromatic ring is 1. The van der Waals surface area contributed by atoms with Gasteiger partial charge in [-0.25, -0.2) is 10.8 Å². The summed E-state index contributed by atoms with van der Waals surface area (Å²) in [5.41, 5.74) is 3.45. The number of rotatable bonds is 4. The van der Waals surface area contributed by atoms with Crippen molar-refractivity contribution < 1.29 is 4.74 Å². The molecule has 1 aliphatic rings. The summed E-state index contributed by atoms with van der Waals surface area (Å²) in [4.78, 5) is 8.29. The highest BCUT2D eigenvalue weighted by molar-refractivity contribution is 5.47. The van der Waals surface area contributed by atoms with Crippen molar-refractivity contribution in [2.45, 2.75) is 31.9 Å². The molecule has 1 heterocycles. The van der Waals surface area contributed by atoms with E-state index < -0.39 is 0 Å². The second-order valence-electron chi connectivity index (χ2n) is 4.04. The maximum Gasteiger partial charge on any atom is 0.239 e. The molecule has 0 saturated heterocycles. The van der Waals surface area contributed by atoms with Crippen LogP contribution in [0.4, 0.5) is 11.8 Å². The fourth-order valence-corrected chi connectivity index (χ4v) is 1.73. The van der Waals surface area contributed by atoms with Crippen LogP contribution in [-0.4, -0.2) is 29.2 Å². The van der Waals surface area contributed by atoms with Crippen LogP contribution in [0.25, 0.3) is 0 Å². The number of methoxy groups -OCH3 is 1. The molecule has 1 fully saturated rings. The molecule has 0 aliphatic heterocycles. The average Bonchev–Trinajstić information content (AvgIpc) is 2.25. The van der Waals surface area contributed by atoms with Crippen LogP contribution in [0.5, 0.6) is 0 Å². The van der Waals surface area contributed by atoms with Gasteiger partial charge in [-0.05, 0) is 19.8 Å². The quantitative estimate of drug-likeness (QED) is 0.513. The van der Waals surface area contributed by atoms with Crippen LogP contribution < -0.4 is 16.6 Å². The molecule has 6 nitrogen and oxygen atoms in total. The molecule has 1 aliphatic carbocycles. The highest BCUT2D eigenvalue weighted by atomic mass is 16.5. The normalized spacial score (nSPS) is 23.7. The molecule has 1 aromatic rings. The highest BCUT2D eigenvalue weighted by Crippen LogP contribution is 2.26. The predicted molar refractivity (Wildman–Crippen MR) is 62.0 cm³/mol. The molecule has 6 heteroatoms. The van der Waals surface area contributed by atoms with E-state index in [1.807, 2.05) is 6.92 Å². The van der Waals surface area contributed by atoms with E-state index in [4.69, 9.17) is 10.6 Å². The number of nitrogens with one attached hydrogen (secondary N) is 2. The van der Waals surface area contributed by atoms with Crippen LogP contribution in [-0.2, 0) is 4.74 Å². The SMILES string of the molecule is COC1CC(Nc2nc(NN)ncc2C)C1. The van der Waals surface area contributed by atoms with Gasteiger partial charge in [-0.15, -0.1) is 0 Å². The molecule has 0 amide bonds. The summed E-state index contributed by atoms with van der Waals surface area (Å²) in [6.07, 6.45) is 4.17. The summed E-state index contributed by atoms with van der Waals surface area (Å²) in [5, 5.41) is 3.36. The molecule has 16 heavy (non-hydrogen) atoms. The van der Waals surface area contributed by atoms with E-state index in [-0.39, 0.29) is 0 Å². The van der Waals surface area contributed by atoms with Gasteiger partial charge in [0.1, 0.15) is 5.82 Å². The van der Waals surface area contributed by atoms with Gasteiger partial charge >= 0.3 is 0 Å². The average molecular weight is 223 g/mol. The lowest BCUT2D eigenvalue weighted by Crippen LogP contribution is -2.40. The number of aromatic nitrogens is 2. The first-order valence-electron chi connectivity index (χ1n) is 5.32. The van der Waals surface area contributed by atoms with E-state index in [1.54, 1.807) is 13.3 Å². The topological polar surface area (TPSA) is 85.1 Å². The van der Waals surface area contributed by atoms with Crippen LogP contribution in [0.15, 0.2) is 6.20 Å². The van der Waals surface area contributed by atoms with Gasteiger partial charge in [-0.2, -0.15) is 4.98 Å². The fraction of sp³-hybridized carbons (Fsp3) is 0.600. The maximum absolute atomic E-state index is 5.27. The Hall–Kier alpha value is -1.40. The predicted octanol–water partition coefficient (Wildman–Crippen LogP) is 0.660. The summed E-state index contributed by atoms with van der Waals surface area (Å²) in [6.45, 7) is 1.97. The molecule has 0 atom stereocenters. The van der Waals surface area contributed by atoms with Crippen molar-refractivity contribution in [2.75, 3.05) is 17.9 Å². The van der Waals surface area contributed by atoms with Gasteiger partial charge < -0.3 is 10.1 Å². The Labute approximate surface area is 94.6 Å². The van der Waals surface area contributed by atoms with Crippen molar-refractivity contribution in [1.82, 2.24) is 9.97 Å². The molecule has 0 aromatic carbocycles. The summed E-state index contributed by atoms with van der Waals surface area (Å²) in [5.74, 6) is 6.53. The minimum absolute atomic E-state index is 0.381. The first kappa shape index (κ1) is 11.1. The molecule has 1 aromatic heterocycles. The second kappa shape index (κ2) is 4.63. The fourth-order valence-electron chi connectivity index (χ4n) is 1.73. The molecular formula is C10H17N5O. The monoisotopic (exact) mass is 223 g/mol. The summed E-state index contributed by atoms with van der Waals surface area (Å²) >= 11 is 0. The molecule has 2 rings (SSSR count). The van der Waals surface area contributed by atoms with Gasteiger partial charge in [0.15, 0.2) is 0 Å². The largest absolute Gasteiger partial charge is 0.381 e. The van der Waals surface area contributed by atoms with Crippen molar-refractivity contribution in [2.24, 2.45) is 5.84 Å². The van der Waals surface area contributed by atoms with Crippen molar-refractivity contribution in [1.29, 1.82) is 0 Å². The minimum atomic E-state index is 0.381. The third kappa shape index (κ3) is 2.23. The van der Waals surface area contributed by atoms with Crippen LogP contribution in [0, 0.1) is 6.92 Å². The second-order valence-corrected chi connectivity index (χ2v) is 4.04. The van der Waals surface area contributed by atoms with Crippen molar-refractivity contribution in [3.8, 4) is 0 Å². The minimum Gasteiger partial charge on any atom is -0.381 e. The summed E-state index contributed by atoms with van der Waals surface area (Å²) in [7, 11) is 1.74. The zero-order valence-electron chi connectivity index (χ0n) is 9.53. The van der Waals surface area contributed by atoms with Crippen LogP contribution in [0.2, 0.25) is 0 Å². The number of hydrazine groups is 1. The van der Waals surface area contributed by atoms with Crippen molar-refractivity contribution in [3.63, 3.8) is 0 Å². The molecule has 88 valence electrons. The zero-order chi connectivity index (χ0) is 11.5. The van der Waals surface area contributed by atoms with E-state index in [2.05, 4.69) is 20.7 Å². The summed E-state index contributed by atoms with van der Waals surface area (Å²) < 4.78 is 5.22. The Morgan fingerprint density at radius 1 is 1.50 bits per heavy atom. The molecule has 0 unspecified atom stereocenters. The lowest BCUT2D eigenvalue weighted by Gasteiger charge is -2.35. The number of nitrogens with two attached hydrogens (primary N) is 1. The number of hydrogen-bond acceptors (Lipinski definition) is 6. The molecule has 1 saturated carbocycles. The molecule has 0 radical (unpaired) electrons. The van der Waals surface area contributed by atoms with Gasteiger partial charge in [-0.3, -0.25) is 5.43 Å². The highest BCUT2D eigenvalue weighted by Gasteiger charge is 2.29. The Kier molecular flexibility index (Phi) is 3.21. The van der Waals surface area contributed by atoms with Crippen molar-refractivity contribution in [3.05, 3.63) is 11.8 Å². The van der Waals surface area contributed by atoms with Gasteiger partial charge in [0, 0.05) is 24.9 Å². The standard InChI is InChI=1S/C10H17N5O/c1-6-5-12-10(15-11)14-9(6)13-7-3-8(4-7)16-2/h5,7-8H,3-4,11H2,1-2H3,(H2,12,13,14,15).